The molecule has 318 valence electrons. The third-order valence-corrected chi connectivity index (χ3v) is 9.99. The summed E-state index contributed by atoms with van der Waals surface area (Å²) >= 11 is 0. The molecular formula is C44H23BF15NO. The van der Waals surface area contributed by atoms with Gasteiger partial charge >= 0.3 is 0 Å². The van der Waals surface area contributed by atoms with Gasteiger partial charge in [-0.25, -0.2) is 70.4 Å². The first-order valence-corrected chi connectivity index (χ1v) is 17.8. The first-order chi connectivity index (χ1) is 29.4. The topological polar surface area (TPSA) is 20.9 Å². The SMILES string of the molecule is Fc1c(F)c(F)c([B-](Cc2ccccc2)(c2c(F)c(F)c(F)c(F)c2F)c2c(F)c(F)c(F)c(F)c2F)c(F)c1F.O=C(c1ccccc1)c1cc[n+](Cc2ccccc2)cc1. The standard InChI is InChI=1S/C25H7BF15.C19H16NO/c27-11-8(12(28)18(34)23(39)17(11)33)26(6-7-4-2-1-3-5-7,9-13(29)19(35)24(40)20(36)14(9)30)10-15(31)21(37)25(41)22(38)16(10)32;21-19(17-9-5-2-6-10-17)18-11-13-20(14-12-18)15-16-7-3-1-4-8-16/h1-5H,6H2;1-14H,15H2/q-1;+1. The lowest BCUT2D eigenvalue weighted by molar-refractivity contribution is -0.688. The van der Waals surface area contributed by atoms with Gasteiger partial charge in [-0.2, -0.15) is 0 Å². The summed E-state index contributed by atoms with van der Waals surface area (Å²) in [5.74, 6) is -45.1. The van der Waals surface area contributed by atoms with Gasteiger partial charge in [-0.15, -0.1) is 22.7 Å². The van der Waals surface area contributed by atoms with Crippen LogP contribution in [-0.4, -0.2) is 11.9 Å². The molecule has 0 spiro atoms. The van der Waals surface area contributed by atoms with E-state index in [-0.39, 0.29) is 5.78 Å². The summed E-state index contributed by atoms with van der Waals surface area (Å²) < 4.78 is 222. The van der Waals surface area contributed by atoms with Gasteiger partial charge in [0.1, 0.15) is 41.0 Å². The van der Waals surface area contributed by atoms with Crippen LogP contribution in [0.25, 0.3) is 0 Å². The van der Waals surface area contributed by atoms with Crippen molar-refractivity contribution in [2.24, 2.45) is 0 Å². The van der Waals surface area contributed by atoms with Crippen molar-refractivity contribution in [3.63, 3.8) is 0 Å². The molecular weight excluding hydrogens is 854 g/mol. The van der Waals surface area contributed by atoms with Crippen LogP contribution in [0.1, 0.15) is 27.0 Å². The van der Waals surface area contributed by atoms with Crippen LogP contribution >= 0.6 is 0 Å². The van der Waals surface area contributed by atoms with Crippen molar-refractivity contribution in [2.45, 2.75) is 12.9 Å². The van der Waals surface area contributed by atoms with E-state index in [0.717, 1.165) is 36.4 Å². The minimum Gasteiger partial charge on any atom is -0.289 e. The molecule has 0 aliphatic rings. The Labute approximate surface area is 341 Å². The molecule has 7 rings (SSSR count). The summed E-state index contributed by atoms with van der Waals surface area (Å²) in [6.07, 6.45) is -3.52. The Morgan fingerprint density at radius 2 is 0.629 bits per heavy atom. The molecule has 7 aromatic rings. The monoisotopic (exact) mass is 877 g/mol. The predicted octanol–water partition coefficient (Wildman–Crippen LogP) is 9.28. The quantitative estimate of drug-likeness (QED) is 0.0354. The van der Waals surface area contributed by atoms with E-state index >= 15 is 26.3 Å². The maximum Gasteiger partial charge on any atom is 0.200 e. The zero-order chi connectivity index (χ0) is 45.2. The van der Waals surface area contributed by atoms with E-state index in [2.05, 4.69) is 16.7 Å². The molecule has 0 fully saturated rings. The fourth-order valence-corrected chi connectivity index (χ4v) is 7.14. The van der Waals surface area contributed by atoms with Crippen LogP contribution in [0.4, 0.5) is 65.9 Å². The first-order valence-electron chi connectivity index (χ1n) is 17.8. The van der Waals surface area contributed by atoms with Gasteiger partial charge in [-0.1, -0.05) is 96.6 Å². The smallest absolute Gasteiger partial charge is 0.200 e. The number of carbonyl (C=O) groups excluding carboxylic acids is 1. The average molecular weight is 877 g/mol. The third kappa shape index (κ3) is 8.03. The van der Waals surface area contributed by atoms with Crippen LogP contribution < -0.4 is 21.0 Å². The fraction of sp³-hybridized carbons (Fsp3) is 0.0455. The van der Waals surface area contributed by atoms with E-state index in [1.54, 1.807) is 0 Å². The van der Waals surface area contributed by atoms with Crippen LogP contribution in [0.15, 0.2) is 116 Å². The Hall–Kier alpha value is -6.85. The van der Waals surface area contributed by atoms with Gasteiger partial charge in [0.25, 0.3) is 0 Å². The lowest BCUT2D eigenvalue weighted by atomic mass is 9.13. The summed E-state index contributed by atoms with van der Waals surface area (Å²) in [4.78, 5) is 12.3. The molecule has 0 aliphatic heterocycles. The molecule has 62 heavy (non-hydrogen) atoms. The number of halogens is 15. The van der Waals surface area contributed by atoms with Crippen molar-refractivity contribution in [1.29, 1.82) is 0 Å². The molecule has 18 heteroatoms. The Balaban J connectivity index is 0.000000254. The van der Waals surface area contributed by atoms with Crippen LogP contribution in [0, 0.1) is 87.3 Å². The lowest BCUT2D eigenvalue weighted by Gasteiger charge is -2.44. The number of benzene rings is 6. The summed E-state index contributed by atoms with van der Waals surface area (Å²) in [5.41, 5.74) is -5.82. The van der Waals surface area contributed by atoms with Gasteiger partial charge in [0.05, 0.1) is 0 Å². The van der Waals surface area contributed by atoms with Crippen molar-refractivity contribution < 1.29 is 75.2 Å². The van der Waals surface area contributed by atoms with E-state index in [1.165, 1.54) is 11.6 Å². The van der Waals surface area contributed by atoms with Crippen molar-refractivity contribution in [1.82, 2.24) is 0 Å². The number of pyridine rings is 1. The van der Waals surface area contributed by atoms with Gasteiger partial charge < -0.3 is 0 Å². The Morgan fingerprint density at radius 1 is 0.355 bits per heavy atom. The Kier molecular flexibility index (Phi) is 13.0. The molecule has 0 N–H and O–H groups in total. The molecule has 0 bridgehead atoms. The number of nitrogens with zero attached hydrogens (tertiary/aromatic N) is 1. The molecule has 1 heterocycles. The Bertz CT molecular complexity index is 2560. The highest BCUT2D eigenvalue weighted by atomic mass is 19.2. The lowest BCUT2D eigenvalue weighted by Crippen LogP contribution is -2.74. The summed E-state index contributed by atoms with van der Waals surface area (Å²) in [7, 11) is 0. The number of carbonyl (C=O) groups is 1. The second-order valence-electron chi connectivity index (χ2n) is 13.6. The molecule has 6 aromatic carbocycles. The minimum absolute atomic E-state index is 0.0578. The molecule has 0 unspecified atom stereocenters. The van der Waals surface area contributed by atoms with Crippen LogP contribution in [0.3, 0.4) is 0 Å². The van der Waals surface area contributed by atoms with E-state index in [4.69, 9.17) is 0 Å². The molecule has 0 aliphatic carbocycles. The van der Waals surface area contributed by atoms with Crippen LogP contribution in [-0.2, 0) is 12.9 Å². The van der Waals surface area contributed by atoms with Crippen molar-refractivity contribution in [3.8, 4) is 0 Å². The normalized spacial score (nSPS) is 11.3. The van der Waals surface area contributed by atoms with Crippen molar-refractivity contribution >= 4 is 28.3 Å². The van der Waals surface area contributed by atoms with E-state index in [9.17, 15) is 44.3 Å². The highest BCUT2D eigenvalue weighted by molar-refractivity contribution is 7.11. The molecule has 0 radical (unpaired) electrons. The first kappa shape index (κ1) is 44.7. The number of hydrogen-bond acceptors (Lipinski definition) is 1. The number of ketones is 1. The molecule has 1 aromatic heterocycles. The highest BCUT2D eigenvalue weighted by Crippen LogP contribution is 2.30. The second-order valence-corrected chi connectivity index (χ2v) is 13.6. The zero-order valence-corrected chi connectivity index (χ0v) is 31.0. The molecule has 0 amide bonds. The van der Waals surface area contributed by atoms with Gasteiger partial charge in [0.2, 0.25) is 0 Å². The van der Waals surface area contributed by atoms with Gasteiger partial charge in [0.15, 0.2) is 77.1 Å². The maximum atomic E-state index is 15.3. The van der Waals surface area contributed by atoms with Crippen molar-refractivity contribution in [2.75, 3.05) is 0 Å². The van der Waals surface area contributed by atoms with Crippen molar-refractivity contribution in [3.05, 3.63) is 225 Å². The van der Waals surface area contributed by atoms with Gasteiger partial charge in [0, 0.05) is 28.8 Å². The minimum atomic E-state index is -5.59. The number of aromatic nitrogens is 1. The summed E-state index contributed by atoms with van der Waals surface area (Å²) in [6.45, 7) is 0.806. The summed E-state index contributed by atoms with van der Waals surface area (Å²) in [5, 5.41) is 0. The molecule has 0 saturated carbocycles. The second kappa shape index (κ2) is 18.0. The van der Waals surface area contributed by atoms with Gasteiger partial charge in [-0.3, -0.25) is 4.79 Å². The third-order valence-electron chi connectivity index (χ3n) is 9.99. The zero-order valence-electron chi connectivity index (χ0n) is 31.0. The number of rotatable bonds is 9. The maximum absolute atomic E-state index is 15.3. The molecule has 2 nitrogen and oxygen atoms in total. The average Bonchev–Trinajstić information content (AvgIpc) is 3.29. The Morgan fingerprint density at radius 3 is 0.968 bits per heavy atom. The van der Waals surface area contributed by atoms with Crippen LogP contribution in [0.2, 0.25) is 0 Å². The van der Waals surface area contributed by atoms with E-state index < -0.39 is 122 Å². The molecule has 0 saturated heterocycles. The van der Waals surface area contributed by atoms with Crippen LogP contribution in [0.5, 0.6) is 0 Å². The number of hydrogen-bond donors (Lipinski definition) is 0. The predicted molar refractivity (Wildman–Crippen MR) is 196 cm³/mol. The fourth-order valence-electron chi connectivity index (χ4n) is 7.14. The largest absolute Gasteiger partial charge is 0.289 e. The highest BCUT2D eigenvalue weighted by Gasteiger charge is 2.48. The van der Waals surface area contributed by atoms with Gasteiger partial charge in [-0.05, 0) is 0 Å². The van der Waals surface area contributed by atoms with E-state index in [1.807, 2.05) is 73.1 Å². The van der Waals surface area contributed by atoms with E-state index in [0.29, 0.717) is 5.56 Å². The molecule has 0 atom stereocenters. The summed E-state index contributed by atoms with van der Waals surface area (Å²) in [6, 6.07) is 28.3.